The van der Waals surface area contributed by atoms with Crippen molar-refractivity contribution in [3.8, 4) is 5.88 Å². The zero-order valence-electron chi connectivity index (χ0n) is 15.7. The Kier molecular flexibility index (Phi) is 4.41. The maximum absolute atomic E-state index is 13.2. The highest BCUT2D eigenvalue weighted by Crippen LogP contribution is 2.36. The molecule has 0 aromatic carbocycles. The number of hydrogen-bond donors (Lipinski definition) is 0. The Bertz CT molecular complexity index is 984. The monoisotopic (exact) mass is 394 g/mol. The van der Waals surface area contributed by atoms with E-state index in [1.54, 1.807) is 24.6 Å². The van der Waals surface area contributed by atoms with E-state index in [0.29, 0.717) is 12.4 Å². The van der Waals surface area contributed by atoms with Crippen LogP contribution in [0.15, 0.2) is 54.2 Å². The number of methoxy groups -OCH3 is 1. The first-order valence-electron chi connectivity index (χ1n) is 9.45. The number of aromatic nitrogens is 2. The zero-order chi connectivity index (χ0) is 19.1. The number of fused-ring (bicyclic) bond motifs is 3. The van der Waals surface area contributed by atoms with Crippen molar-refractivity contribution in [1.29, 1.82) is 0 Å². The SMILES string of the molecule is COc1ncccc1CN1CC2C(C1)n1cccc1C(=O)N2Cc1cccs1. The second-order valence-electron chi connectivity index (χ2n) is 7.31. The summed E-state index contributed by atoms with van der Waals surface area (Å²) in [6.07, 6.45) is 3.79. The standard InChI is InChI=1S/C21H22N4O2S/c1-27-20-15(5-2-8-22-20)11-23-13-18-19(14-23)25(12-16-6-4-10-28-16)21(26)17-7-3-9-24(17)18/h2-10,18-19H,11-14H2,1H3. The highest BCUT2D eigenvalue weighted by atomic mass is 32.1. The number of rotatable bonds is 5. The summed E-state index contributed by atoms with van der Waals surface area (Å²) in [6, 6.07) is 12.5. The van der Waals surface area contributed by atoms with E-state index < -0.39 is 0 Å². The van der Waals surface area contributed by atoms with Crippen molar-refractivity contribution in [2.24, 2.45) is 0 Å². The highest BCUT2D eigenvalue weighted by Gasteiger charge is 2.45. The van der Waals surface area contributed by atoms with E-state index >= 15 is 0 Å². The molecule has 0 aliphatic carbocycles. The van der Waals surface area contributed by atoms with Crippen LogP contribution >= 0.6 is 11.3 Å². The Morgan fingerprint density at radius 2 is 2.04 bits per heavy atom. The number of amides is 1. The molecular weight excluding hydrogens is 372 g/mol. The van der Waals surface area contributed by atoms with Crippen molar-refractivity contribution in [2.45, 2.75) is 25.2 Å². The third-order valence-electron chi connectivity index (χ3n) is 5.69. The van der Waals surface area contributed by atoms with Crippen LogP contribution in [-0.2, 0) is 13.1 Å². The molecular formula is C21H22N4O2S. The molecule has 0 spiro atoms. The molecule has 5 rings (SSSR count). The Morgan fingerprint density at radius 1 is 1.14 bits per heavy atom. The minimum absolute atomic E-state index is 0.125. The molecule has 7 heteroatoms. The van der Waals surface area contributed by atoms with Crippen molar-refractivity contribution in [3.63, 3.8) is 0 Å². The van der Waals surface area contributed by atoms with Gasteiger partial charge in [-0.15, -0.1) is 11.3 Å². The fourth-order valence-corrected chi connectivity index (χ4v) is 5.15. The van der Waals surface area contributed by atoms with Gasteiger partial charge in [0.15, 0.2) is 0 Å². The number of pyridine rings is 1. The Morgan fingerprint density at radius 3 is 2.86 bits per heavy atom. The lowest BCUT2D eigenvalue weighted by Crippen LogP contribution is -2.49. The lowest BCUT2D eigenvalue weighted by atomic mass is 10.1. The molecule has 1 fully saturated rings. The summed E-state index contributed by atoms with van der Waals surface area (Å²) in [6.45, 7) is 3.19. The lowest BCUT2D eigenvalue weighted by Gasteiger charge is -2.38. The Balaban J connectivity index is 1.43. The predicted octanol–water partition coefficient (Wildman–Crippen LogP) is 3.03. The third kappa shape index (κ3) is 2.91. The van der Waals surface area contributed by atoms with E-state index in [9.17, 15) is 4.79 Å². The minimum atomic E-state index is 0.125. The van der Waals surface area contributed by atoms with Crippen molar-refractivity contribution >= 4 is 17.2 Å². The molecule has 5 heterocycles. The van der Waals surface area contributed by atoms with E-state index in [2.05, 4.69) is 36.9 Å². The van der Waals surface area contributed by atoms with Crippen molar-refractivity contribution in [2.75, 3.05) is 20.2 Å². The summed E-state index contributed by atoms with van der Waals surface area (Å²) < 4.78 is 7.59. The highest BCUT2D eigenvalue weighted by molar-refractivity contribution is 7.09. The van der Waals surface area contributed by atoms with E-state index in [4.69, 9.17) is 4.74 Å². The zero-order valence-corrected chi connectivity index (χ0v) is 16.5. The summed E-state index contributed by atoms with van der Waals surface area (Å²) in [7, 11) is 1.66. The normalized spacial score (nSPS) is 21.6. The molecule has 0 saturated carbocycles. The van der Waals surface area contributed by atoms with Crippen LogP contribution in [0, 0.1) is 0 Å². The van der Waals surface area contributed by atoms with Gasteiger partial charge in [0.25, 0.3) is 5.91 Å². The maximum atomic E-state index is 13.2. The van der Waals surface area contributed by atoms with Gasteiger partial charge in [0.2, 0.25) is 5.88 Å². The summed E-state index contributed by atoms with van der Waals surface area (Å²) in [5.41, 5.74) is 1.87. The summed E-state index contributed by atoms with van der Waals surface area (Å²) in [5, 5.41) is 2.07. The van der Waals surface area contributed by atoms with Crippen LogP contribution in [0.25, 0.3) is 0 Å². The molecule has 144 valence electrons. The first-order chi connectivity index (χ1) is 13.7. The number of likely N-dealkylation sites (tertiary alicyclic amines) is 1. The number of thiophene rings is 1. The second-order valence-corrected chi connectivity index (χ2v) is 8.35. The number of carbonyl (C=O) groups excluding carboxylic acids is 1. The van der Waals surface area contributed by atoms with E-state index in [1.807, 2.05) is 30.5 Å². The summed E-state index contributed by atoms with van der Waals surface area (Å²) in [4.78, 5) is 23.2. The second kappa shape index (κ2) is 7.07. The average molecular weight is 395 g/mol. The van der Waals surface area contributed by atoms with Gasteiger partial charge in [-0.1, -0.05) is 12.1 Å². The Labute approximate surface area is 168 Å². The molecule has 6 nitrogen and oxygen atoms in total. The van der Waals surface area contributed by atoms with Crippen molar-refractivity contribution in [1.82, 2.24) is 19.4 Å². The molecule has 1 saturated heterocycles. The largest absolute Gasteiger partial charge is 0.481 e. The van der Waals surface area contributed by atoms with Gasteiger partial charge in [0.1, 0.15) is 5.69 Å². The van der Waals surface area contributed by atoms with Gasteiger partial charge in [-0.2, -0.15) is 0 Å². The van der Waals surface area contributed by atoms with E-state index in [1.165, 1.54) is 4.88 Å². The summed E-state index contributed by atoms with van der Waals surface area (Å²) in [5.74, 6) is 0.797. The van der Waals surface area contributed by atoms with Crippen LogP contribution in [0.3, 0.4) is 0 Å². The molecule has 3 aromatic rings. The van der Waals surface area contributed by atoms with Gasteiger partial charge >= 0.3 is 0 Å². The molecule has 0 radical (unpaired) electrons. The summed E-state index contributed by atoms with van der Waals surface area (Å²) >= 11 is 1.71. The minimum Gasteiger partial charge on any atom is -0.481 e. The van der Waals surface area contributed by atoms with Gasteiger partial charge in [-0.05, 0) is 29.6 Å². The molecule has 0 N–H and O–H groups in total. The topological polar surface area (TPSA) is 50.6 Å². The third-order valence-corrected chi connectivity index (χ3v) is 6.56. The fourth-order valence-electron chi connectivity index (χ4n) is 4.45. The van der Waals surface area contributed by atoms with Crippen LogP contribution in [0.5, 0.6) is 5.88 Å². The first-order valence-corrected chi connectivity index (χ1v) is 10.3. The lowest BCUT2D eigenvalue weighted by molar-refractivity contribution is 0.0559. The van der Waals surface area contributed by atoms with E-state index in [-0.39, 0.29) is 18.0 Å². The van der Waals surface area contributed by atoms with E-state index in [0.717, 1.165) is 30.9 Å². The van der Waals surface area contributed by atoms with Crippen LogP contribution < -0.4 is 4.74 Å². The molecule has 0 bridgehead atoms. The average Bonchev–Trinajstić information content (AvgIpc) is 3.45. The first kappa shape index (κ1) is 17.5. The van der Waals surface area contributed by atoms with Gasteiger partial charge in [-0.25, -0.2) is 4.98 Å². The molecule has 1 amide bonds. The van der Waals surface area contributed by atoms with Crippen LogP contribution in [-0.4, -0.2) is 51.5 Å². The molecule has 2 unspecified atom stereocenters. The van der Waals surface area contributed by atoms with Gasteiger partial charge < -0.3 is 14.2 Å². The van der Waals surface area contributed by atoms with Gasteiger partial charge in [-0.3, -0.25) is 9.69 Å². The Hall–Kier alpha value is -2.64. The van der Waals surface area contributed by atoms with Gasteiger partial charge in [0, 0.05) is 42.5 Å². The number of nitrogens with zero attached hydrogens (tertiary/aromatic N) is 4. The van der Waals surface area contributed by atoms with Crippen LogP contribution in [0.2, 0.25) is 0 Å². The molecule has 3 aromatic heterocycles. The predicted molar refractivity (Wildman–Crippen MR) is 108 cm³/mol. The van der Waals surface area contributed by atoms with Crippen LogP contribution in [0.1, 0.15) is 27.0 Å². The quantitative estimate of drug-likeness (QED) is 0.668. The fraction of sp³-hybridized carbons (Fsp3) is 0.333. The molecule has 2 aliphatic heterocycles. The smallest absolute Gasteiger partial charge is 0.271 e. The van der Waals surface area contributed by atoms with Gasteiger partial charge in [0.05, 0.1) is 25.7 Å². The van der Waals surface area contributed by atoms with Crippen LogP contribution in [0.4, 0.5) is 0 Å². The molecule has 2 atom stereocenters. The molecule has 28 heavy (non-hydrogen) atoms. The number of hydrogen-bond acceptors (Lipinski definition) is 5. The maximum Gasteiger partial charge on any atom is 0.271 e. The van der Waals surface area contributed by atoms with Crippen molar-refractivity contribution < 1.29 is 9.53 Å². The molecule has 2 aliphatic rings. The number of carbonyl (C=O) groups is 1. The van der Waals surface area contributed by atoms with Crippen molar-refractivity contribution in [3.05, 3.63) is 70.3 Å². The number of ether oxygens (including phenoxy) is 1.